The molecule has 0 aliphatic carbocycles. The van der Waals surface area contributed by atoms with E-state index in [1.807, 2.05) is 49.7 Å². The third-order valence-corrected chi connectivity index (χ3v) is 4.12. The fourth-order valence-electron chi connectivity index (χ4n) is 2.36. The van der Waals surface area contributed by atoms with Crippen molar-refractivity contribution >= 4 is 29.0 Å². The SMILES string of the molecule is Cc1cc(C)c(NC(=O)CNC(=O)NCc2ccsc2)c(C)c1. The minimum atomic E-state index is -0.358. The average Bonchev–Trinajstić information content (AvgIpc) is 3.00. The van der Waals surface area contributed by atoms with Gasteiger partial charge in [0.25, 0.3) is 0 Å². The number of aryl methyl sites for hydroxylation is 3. The normalized spacial score (nSPS) is 10.2. The van der Waals surface area contributed by atoms with Crippen molar-refractivity contribution < 1.29 is 9.59 Å². The number of carbonyl (C=O) groups excluding carboxylic acids is 2. The van der Waals surface area contributed by atoms with Gasteiger partial charge in [-0.25, -0.2) is 4.79 Å². The van der Waals surface area contributed by atoms with Gasteiger partial charge in [-0.1, -0.05) is 17.7 Å². The van der Waals surface area contributed by atoms with E-state index in [1.54, 1.807) is 11.3 Å². The van der Waals surface area contributed by atoms with Crippen molar-refractivity contribution in [2.75, 3.05) is 11.9 Å². The Hall–Kier alpha value is -2.34. The van der Waals surface area contributed by atoms with E-state index in [0.717, 1.165) is 27.9 Å². The molecule has 0 radical (unpaired) electrons. The van der Waals surface area contributed by atoms with Crippen molar-refractivity contribution in [2.45, 2.75) is 27.3 Å². The Labute approximate surface area is 140 Å². The highest BCUT2D eigenvalue weighted by molar-refractivity contribution is 7.07. The smallest absolute Gasteiger partial charge is 0.315 e. The molecule has 0 saturated heterocycles. The molecular formula is C17H21N3O2S. The molecule has 0 bridgehead atoms. The largest absolute Gasteiger partial charge is 0.334 e. The summed E-state index contributed by atoms with van der Waals surface area (Å²) in [5.74, 6) is -0.245. The number of amides is 3. The number of thiophene rings is 1. The molecule has 23 heavy (non-hydrogen) atoms. The molecule has 1 aromatic heterocycles. The number of anilines is 1. The number of benzene rings is 1. The summed E-state index contributed by atoms with van der Waals surface area (Å²) in [7, 11) is 0. The van der Waals surface area contributed by atoms with Crippen LogP contribution in [0.1, 0.15) is 22.3 Å². The minimum Gasteiger partial charge on any atom is -0.334 e. The maximum atomic E-state index is 12.0. The molecule has 1 heterocycles. The van der Waals surface area contributed by atoms with Crippen LogP contribution in [0.4, 0.5) is 10.5 Å². The van der Waals surface area contributed by atoms with Gasteiger partial charge in [0.05, 0.1) is 6.54 Å². The fraction of sp³-hybridized carbons (Fsp3) is 0.294. The minimum absolute atomic E-state index is 0.0672. The Morgan fingerprint density at radius 3 is 2.39 bits per heavy atom. The zero-order valence-electron chi connectivity index (χ0n) is 13.5. The van der Waals surface area contributed by atoms with Gasteiger partial charge in [-0.05, 0) is 54.3 Å². The zero-order valence-corrected chi connectivity index (χ0v) is 14.3. The zero-order chi connectivity index (χ0) is 16.8. The van der Waals surface area contributed by atoms with E-state index in [9.17, 15) is 9.59 Å². The van der Waals surface area contributed by atoms with E-state index in [1.165, 1.54) is 0 Å². The molecule has 3 amide bonds. The summed E-state index contributed by atoms with van der Waals surface area (Å²) in [6, 6.07) is 5.62. The summed E-state index contributed by atoms with van der Waals surface area (Å²) in [6.07, 6.45) is 0. The second-order valence-corrected chi connectivity index (χ2v) is 6.27. The number of nitrogens with one attached hydrogen (secondary N) is 3. The number of hydrogen-bond donors (Lipinski definition) is 3. The first-order valence-electron chi connectivity index (χ1n) is 7.36. The molecule has 6 heteroatoms. The third kappa shape index (κ3) is 5.10. The summed E-state index contributed by atoms with van der Waals surface area (Å²) < 4.78 is 0. The summed E-state index contributed by atoms with van der Waals surface area (Å²) in [5.41, 5.74) is 5.03. The van der Waals surface area contributed by atoms with E-state index in [-0.39, 0.29) is 18.5 Å². The number of hydrogen-bond acceptors (Lipinski definition) is 3. The van der Waals surface area contributed by atoms with Crippen molar-refractivity contribution in [3.63, 3.8) is 0 Å². The highest BCUT2D eigenvalue weighted by atomic mass is 32.1. The molecule has 0 spiro atoms. The first kappa shape index (κ1) is 17.0. The van der Waals surface area contributed by atoms with Gasteiger partial charge in [-0.2, -0.15) is 11.3 Å². The molecule has 5 nitrogen and oxygen atoms in total. The van der Waals surface area contributed by atoms with Crippen molar-refractivity contribution in [2.24, 2.45) is 0 Å². The maximum Gasteiger partial charge on any atom is 0.315 e. The van der Waals surface area contributed by atoms with Crippen LogP contribution in [0.15, 0.2) is 29.0 Å². The van der Waals surface area contributed by atoms with Crippen molar-refractivity contribution in [3.8, 4) is 0 Å². The highest BCUT2D eigenvalue weighted by Crippen LogP contribution is 2.21. The lowest BCUT2D eigenvalue weighted by Crippen LogP contribution is -2.39. The second kappa shape index (κ2) is 7.78. The van der Waals surface area contributed by atoms with Crippen LogP contribution >= 0.6 is 11.3 Å². The summed E-state index contributed by atoms with van der Waals surface area (Å²) in [4.78, 5) is 23.7. The van der Waals surface area contributed by atoms with Crippen molar-refractivity contribution in [1.82, 2.24) is 10.6 Å². The van der Waals surface area contributed by atoms with E-state index in [2.05, 4.69) is 16.0 Å². The molecule has 0 fully saturated rings. The lowest BCUT2D eigenvalue weighted by Gasteiger charge is -2.13. The van der Waals surface area contributed by atoms with Crippen LogP contribution < -0.4 is 16.0 Å². The fourth-order valence-corrected chi connectivity index (χ4v) is 3.03. The van der Waals surface area contributed by atoms with Crippen LogP contribution in [-0.4, -0.2) is 18.5 Å². The Bertz CT molecular complexity index is 673. The van der Waals surface area contributed by atoms with Gasteiger partial charge in [-0.3, -0.25) is 4.79 Å². The van der Waals surface area contributed by atoms with Gasteiger partial charge in [0.2, 0.25) is 5.91 Å². The van der Waals surface area contributed by atoms with Crippen molar-refractivity contribution in [1.29, 1.82) is 0 Å². The van der Waals surface area contributed by atoms with Gasteiger partial charge in [0.15, 0.2) is 0 Å². The van der Waals surface area contributed by atoms with E-state index in [0.29, 0.717) is 6.54 Å². The quantitative estimate of drug-likeness (QED) is 0.788. The summed E-state index contributed by atoms with van der Waals surface area (Å²) in [5, 5.41) is 12.0. The van der Waals surface area contributed by atoms with E-state index < -0.39 is 0 Å². The van der Waals surface area contributed by atoms with Gasteiger partial charge < -0.3 is 16.0 Å². The van der Waals surface area contributed by atoms with Gasteiger partial charge in [0, 0.05) is 12.2 Å². The van der Waals surface area contributed by atoms with Crippen molar-refractivity contribution in [3.05, 3.63) is 51.2 Å². The van der Waals surface area contributed by atoms with Crippen LogP contribution in [-0.2, 0) is 11.3 Å². The van der Waals surface area contributed by atoms with Crippen LogP contribution in [0.25, 0.3) is 0 Å². The Morgan fingerprint density at radius 1 is 1.09 bits per heavy atom. The molecule has 3 N–H and O–H groups in total. The lowest BCUT2D eigenvalue weighted by molar-refractivity contribution is -0.115. The molecule has 2 rings (SSSR count). The number of rotatable bonds is 5. The Kier molecular flexibility index (Phi) is 5.76. The third-order valence-electron chi connectivity index (χ3n) is 3.38. The monoisotopic (exact) mass is 331 g/mol. The van der Waals surface area contributed by atoms with E-state index >= 15 is 0 Å². The van der Waals surface area contributed by atoms with Crippen LogP contribution in [0.3, 0.4) is 0 Å². The molecule has 0 atom stereocenters. The van der Waals surface area contributed by atoms with Gasteiger partial charge in [-0.15, -0.1) is 0 Å². The topological polar surface area (TPSA) is 70.2 Å². The molecule has 0 unspecified atom stereocenters. The van der Waals surface area contributed by atoms with Crippen LogP contribution in [0, 0.1) is 20.8 Å². The standard InChI is InChI=1S/C17H21N3O2S/c1-11-6-12(2)16(13(3)7-11)20-15(21)9-19-17(22)18-8-14-4-5-23-10-14/h4-7,10H,8-9H2,1-3H3,(H,20,21)(H2,18,19,22). The predicted molar refractivity (Wildman–Crippen MR) is 93.8 cm³/mol. The molecule has 122 valence electrons. The Morgan fingerprint density at radius 2 is 1.78 bits per heavy atom. The Balaban J connectivity index is 1.80. The first-order valence-corrected chi connectivity index (χ1v) is 8.30. The molecule has 1 aromatic carbocycles. The van der Waals surface area contributed by atoms with Gasteiger partial charge in [0.1, 0.15) is 0 Å². The molecule has 2 aromatic rings. The molecule has 0 aliphatic rings. The van der Waals surface area contributed by atoms with Gasteiger partial charge >= 0.3 is 6.03 Å². The van der Waals surface area contributed by atoms with Crippen LogP contribution in [0.5, 0.6) is 0 Å². The van der Waals surface area contributed by atoms with E-state index in [4.69, 9.17) is 0 Å². The molecule has 0 aliphatic heterocycles. The molecule has 0 saturated carbocycles. The first-order chi connectivity index (χ1) is 11.0. The summed E-state index contributed by atoms with van der Waals surface area (Å²) in [6.45, 7) is 6.31. The average molecular weight is 331 g/mol. The number of carbonyl (C=O) groups is 2. The predicted octanol–water partition coefficient (Wildman–Crippen LogP) is 3.11. The highest BCUT2D eigenvalue weighted by Gasteiger charge is 2.09. The van der Waals surface area contributed by atoms with Crippen LogP contribution in [0.2, 0.25) is 0 Å². The maximum absolute atomic E-state index is 12.0. The second-order valence-electron chi connectivity index (χ2n) is 5.49. The molecular weight excluding hydrogens is 310 g/mol. The summed E-state index contributed by atoms with van der Waals surface area (Å²) >= 11 is 1.58. The lowest BCUT2D eigenvalue weighted by atomic mass is 10.1. The number of urea groups is 1.